The van der Waals surface area contributed by atoms with Gasteiger partial charge in [0, 0.05) is 32.2 Å². The Morgan fingerprint density at radius 3 is 2.93 bits per heavy atom. The number of fused-ring (bicyclic) bond motifs is 1. The number of H-pyrrole nitrogens is 1. The van der Waals surface area contributed by atoms with Gasteiger partial charge in [0.15, 0.2) is 0 Å². The summed E-state index contributed by atoms with van der Waals surface area (Å²) < 4.78 is 5.02. The van der Waals surface area contributed by atoms with Gasteiger partial charge in [-0.2, -0.15) is 0 Å². The minimum absolute atomic E-state index is 0.0970. The summed E-state index contributed by atoms with van der Waals surface area (Å²) in [5.74, 6) is -0.670. The topological polar surface area (TPSA) is 159 Å². The van der Waals surface area contributed by atoms with Crippen molar-refractivity contribution in [3.8, 4) is 0 Å². The number of hydrogen-bond acceptors (Lipinski definition) is 9. The number of aromatic nitrogens is 4. The van der Waals surface area contributed by atoms with E-state index in [0.29, 0.717) is 47.5 Å². The van der Waals surface area contributed by atoms with Crippen LogP contribution in [0.3, 0.4) is 0 Å². The fourth-order valence-corrected chi connectivity index (χ4v) is 4.24. The Morgan fingerprint density at radius 1 is 1.43 bits per heavy atom. The molecule has 30 heavy (non-hydrogen) atoms. The van der Waals surface area contributed by atoms with Crippen molar-refractivity contribution in [1.82, 2.24) is 25.1 Å². The molecule has 1 unspecified atom stereocenters. The van der Waals surface area contributed by atoms with Crippen molar-refractivity contribution in [3.63, 3.8) is 0 Å². The molecule has 0 saturated carbocycles. The van der Waals surface area contributed by atoms with Crippen molar-refractivity contribution in [1.29, 1.82) is 0 Å². The van der Waals surface area contributed by atoms with E-state index in [1.807, 2.05) is 0 Å². The molecule has 2 aliphatic rings. The average Bonchev–Trinajstić information content (AvgIpc) is 3.34. The Kier molecular flexibility index (Phi) is 6.84. The predicted molar refractivity (Wildman–Crippen MR) is 104 cm³/mol. The number of amides is 2. The highest BCUT2D eigenvalue weighted by atomic mass is 32.1. The van der Waals surface area contributed by atoms with Gasteiger partial charge in [0.2, 0.25) is 16.9 Å². The number of methoxy groups -OCH3 is 1. The molecule has 0 bridgehead atoms. The fraction of sp³-hybridized carbons (Fsp3) is 0.471. The van der Waals surface area contributed by atoms with Crippen molar-refractivity contribution >= 4 is 34.8 Å². The van der Waals surface area contributed by atoms with Crippen LogP contribution in [0.25, 0.3) is 0 Å². The van der Waals surface area contributed by atoms with E-state index in [1.54, 1.807) is 12.0 Å². The van der Waals surface area contributed by atoms with Crippen LogP contribution in [0.2, 0.25) is 0 Å². The average molecular weight is 436 g/mol. The minimum atomic E-state index is -0.434. The Labute approximate surface area is 174 Å². The van der Waals surface area contributed by atoms with Gasteiger partial charge >= 0.3 is 0 Å². The second-order valence-corrected chi connectivity index (χ2v) is 7.63. The van der Waals surface area contributed by atoms with Gasteiger partial charge in [0.05, 0.1) is 24.5 Å². The molecular weight excluding hydrogens is 416 g/mol. The Morgan fingerprint density at radius 2 is 2.20 bits per heavy atom. The zero-order valence-corrected chi connectivity index (χ0v) is 16.9. The molecule has 13 heteroatoms. The van der Waals surface area contributed by atoms with E-state index < -0.39 is 5.92 Å². The highest BCUT2D eigenvalue weighted by molar-refractivity contribution is 7.15. The van der Waals surface area contributed by atoms with E-state index in [4.69, 9.17) is 14.6 Å². The smallest absolute Gasteiger partial charge is 0.290 e. The van der Waals surface area contributed by atoms with Crippen LogP contribution in [0, 0.1) is 5.92 Å². The SMILES string of the molecule is COCc1nnc(N2CC(C(=O)N3CCc4c(nc[nH]c4=O)C3)CC2=O)s1.O=CO. The number of hydrogen-bond donors (Lipinski definition) is 2. The van der Waals surface area contributed by atoms with E-state index in [2.05, 4.69) is 20.2 Å². The molecule has 0 aromatic carbocycles. The first kappa shape index (κ1) is 21.5. The largest absolute Gasteiger partial charge is 0.483 e. The van der Waals surface area contributed by atoms with Gasteiger partial charge in [-0.05, 0) is 6.42 Å². The summed E-state index contributed by atoms with van der Waals surface area (Å²) >= 11 is 1.28. The number of carboxylic acid groups (broad SMARTS) is 1. The zero-order valence-electron chi connectivity index (χ0n) is 16.1. The fourth-order valence-electron chi connectivity index (χ4n) is 3.41. The molecule has 2 N–H and O–H groups in total. The molecule has 0 aliphatic carbocycles. The van der Waals surface area contributed by atoms with Gasteiger partial charge in [-0.1, -0.05) is 11.3 Å². The third kappa shape index (κ3) is 4.52. The van der Waals surface area contributed by atoms with Gasteiger partial charge in [-0.3, -0.25) is 24.1 Å². The lowest BCUT2D eigenvalue weighted by atomic mass is 10.0. The number of nitrogens with one attached hydrogen (secondary N) is 1. The van der Waals surface area contributed by atoms with Crippen LogP contribution in [0.15, 0.2) is 11.1 Å². The first-order chi connectivity index (χ1) is 14.5. The Balaban J connectivity index is 0.000000806. The molecule has 12 nitrogen and oxygen atoms in total. The Bertz CT molecular complexity index is 991. The molecular formula is C17H20N6O6S. The lowest BCUT2D eigenvalue weighted by Gasteiger charge is -2.29. The summed E-state index contributed by atoms with van der Waals surface area (Å²) in [6.07, 6.45) is 1.96. The molecule has 1 atom stereocenters. The summed E-state index contributed by atoms with van der Waals surface area (Å²) in [4.78, 5) is 55.4. The molecule has 2 aliphatic heterocycles. The second-order valence-electron chi connectivity index (χ2n) is 6.59. The van der Waals surface area contributed by atoms with E-state index in [9.17, 15) is 14.4 Å². The van der Waals surface area contributed by atoms with Crippen molar-refractivity contribution in [2.45, 2.75) is 26.0 Å². The molecule has 1 fully saturated rings. The first-order valence-electron chi connectivity index (χ1n) is 9.02. The molecule has 0 radical (unpaired) electrons. The van der Waals surface area contributed by atoms with Crippen LogP contribution >= 0.6 is 11.3 Å². The molecule has 2 amide bonds. The van der Waals surface area contributed by atoms with Crippen LogP contribution in [0.1, 0.15) is 22.7 Å². The van der Waals surface area contributed by atoms with Crippen LogP contribution in [-0.2, 0) is 38.7 Å². The van der Waals surface area contributed by atoms with Crippen LogP contribution in [0.4, 0.5) is 5.13 Å². The Hall–Kier alpha value is -3.19. The maximum Gasteiger partial charge on any atom is 0.290 e. The van der Waals surface area contributed by atoms with Gasteiger partial charge in [-0.15, -0.1) is 10.2 Å². The molecule has 4 heterocycles. The normalized spacial score (nSPS) is 17.9. The van der Waals surface area contributed by atoms with Gasteiger partial charge < -0.3 is 19.7 Å². The molecule has 2 aromatic heterocycles. The standard InChI is InChI=1S/C16H18N6O4S.CH2O2/c1-26-7-12-19-20-16(27-12)22-5-9(4-13(22)23)15(25)21-3-2-10-11(6-21)17-8-18-14(10)24;2-1-3/h8-9H,2-7H2,1H3,(H,17,18,24);1H,(H,2,3). The number of carbonyl (C=O) groups excluding carboxylic acids is 2. The molecule has 2 aromatic rings. The maximum absolute atomic E-state index is 12.9. The molecule has 160 valence electrons. The van der Waals surface area contributed by atoms with Crippen molar-refractivity contribution in [2.24, 2.45) is 5.92 Å². The number of anilines is 1. The lowest BCUT2D eigenvalue weighted by molar-refractivity contribution is -0.136. The molecule has 4 rings (SSSR count). The summed E-state index contributed by atoms with van der Waals surface area (Å²) in [6, 6.07) is 0. The summed E-state index contributed by atoms with van der Waals surface area (Å²) in [6.45, 7) is 1.11. The van der Waals surface area contributed by atoms with Crippen molar-refractivity contribution in [3.05, 3.63) is 32.9 Å². The first-order valence-corrected chi connectivity index (χ1v) is 9.83. The van der Waals surface area contributed by atoms with Crippen molar-refractivity contribution < 1.29 is 24.2 Å². The zero-order chi connectivity index (χ0) is 21.7. The predicted octanol–water partition coefficient (Wildman–Crippen LogP) is -0.594. The summed E-state index contributed by atoms with van der Waals surface area (Å²) in [5, 5.41) is 16.1. The number of nitrogens with zero attached hydrogens (tertiary/aromatic N) is 5. The highest BCUT2D eigenvalue weighted by Crippen LogP contribution is 2.29. The van der Waals surface area contributed by atoms with Crippen LogP contribution in [0.5, 0.6) is 0 Å². The quantitative estimate of drug-likeness (QED) is 0.597. The van der Waals surface area contributed by atoms with E-state index >= 15 is 0 Å². The maximum atomic E-state index is 12.9. The highest BCUT2D eigenvalue weighted by Gasteiger charge is 2.39. The number of carbonyl (C=O) groups is 3. The molecule has 0 spiro atoms. The monoisotopic (exact) mass is 436 g/mol. The number of aromatic amines is 1. The van der Waals surface area contributed by atoms with Gasteiger partial charge in [0.25, 0.3) is 12.0 Å². The van der Waals surface area contributed by atoms with E-state index in [-0.39, 0.29) is 36.8 Å². The number of rotatable bonds is 4. The van der Waals surface area contributed by atoms with Gasteiger partial charge in [-0.25, -0.2) is 4.98 Å². The summed E-state index contributed by atoms with van der Waals surface area (Å²) in [5.41, 5.74) is 1.09. The van der Waals surface area contributed by atoms with E-state index in [0.717, 1.165) is 0 Å². The van der Waals surface area contributed by atoms with Crippen molar-refractivity contribution in [2.75, 3.05) is 25.1 Å². The summed E-state index contributed by atoms with van der Waals surface area (Å²) in [7, 11) is 1.57. The van der Waals surface area contributed by atoms with Crippen LogP contribution < -0.4 is 10.5 Å². The van der Waals surface area contributed by atoms with Gasteiger partial charge in [0.1, 0.15) is 11.6 Å². The molecule has 1 saturated heterocycles. The number of ether oxygens (including phenoxy) is 1. The van der Waals surface area contributed by atoms with Crippen LogP contribution in [-0.4, -0.2) is 68.7 Å². The second kappa shape index (κ2) is 9.54. The third-order valence-corrected chi connectivity index (χ3v) is 5.67. The third-order valence-electron chi connectivity index (χ3n) is 4.75. The minimum Gasteiger partial charge on any atom is -0.483 e. The van der Waals surface area contributed by atoms with E-state index in [1.165, 1.54) is 22.6 Å². The lowest BCUT2D eigenvalue weighted by Crippen LogP contribution is -2.42.